The number of rotatable bonds is 13. The molecule has 1 aromatic heterocycles. The summed E-state index contributed by atoms with van der Waals surface area (Å²) < 4.78 is 2.37. The smallest absolute Gasteiger partial charge is 0.0951 e. The number of hydrogen-bond donors (Lipinski definition) is 0. The van der Waals surface area contributed by atoms with E-state index >= 15 is 0 Å². The Morgan fingerprint density at radius 1 is 0.857 bits per heavy atom. The zero-order chi connectivity index (χ0) is 15.3. The van der Waals surface area contributed by atoms with Crippen LogP contribution in [-0.2, 0) is 0 Å². The van der Waals surface area contributed by atoms with Gasteiger partial charge in [0.15, 0.2) is 0 Å². The van der Waals surface area contributed by atoms with Crippen molar-refractivity contribution in [3.05, 3.63) is 18.2 Å². The molecule has 1 rings (SSSR count). The van der Waals surface area contributed by atoms with E-state index in [1.54, 1.807) is 0 Å². The van der Waals surface area contributed by atoms with Gasteiger partial charge in [-0.25, -0.2) is 4.98 Å². The summed E-state index contributed by atoms with van der Waals surface area (Å²) in [5.74, 6) is 0. The molecule has 122 valence electrons. The average Bonchev–Trinajstić information content (AvgIpc) is 2.91. The second kappa shape index (κ2) is 11.8. The molecular weight excluding hydrogens is 256 g/mol. The monoisotopic (exact) mass is 292 g/mol. The van der Waals surface area contributed by atoms with E-state index in [1.165, 1.54) is 77.0 Å². The molecule has 0 aliphatic carbocycles. The van der Waals surface area contributed by atoms with Gasteiger partial charge in [0, 0.05) is 12.2 Å². The van der Waals surface area contributed by atoms with Crippen molar-refractivity contribution in [3.8, 4) is 0 Å². The summed E-state index contributed by atoms with van der Waals surface area (Å²) in [5, 5.41) is 0. The van der Waals surface area contributed by atoms with Gasteiger partial charge in [0.1, 0.15) is 0 Å². The molecule has 0 saturated heterocycles. The number of unbranched alkanes of at least 4 members (excludes halogenated alkanes) is 8. The summed E-state index contributed by atoms with van der Waals surface area (Å²) >= 11 is 0. The molecule has 0 aliphatic heterocycles. The van der Waals surface area contributed by atoms with E-state index in [2.05, 4.69) is 36.5 Å². The third-order valence-corrected chi connectivity index (χ3v) is 4.43. The van der Waals surface area contributed by atoms with Crippen LogP contribution < -0.4 is 0 Å². The first-order chi connectivity index (χ1) is 10.3. The van der Waals surface area contributed by atoms with Crippen LogP contribution >= 0.6 is 0 Å². The first kappa shape index (κ1) is 18.3. The Bertz CT molecular complexity index is 329. The van der Waals surface area contributed by atoms with Crippen LogP contribution in [-0.4, -0.2) is 9.55 Å². The Morgan fingerprint density at radius 3 is 1.81 bits per heavy atom. The van der Waals surface area contributed by atoms with E-state index in [0.717, 1.165) is 5.69 Å². The quantitative estimate of drug-likeness (QED) is 0.382. The number of imidazole rings is 1. The molecule has 0 atom stereocenters. The zero-order valence-electron chi connectivity index (χ0n) is 14.6. The summed E-state index contributed by atoms with van der Waals surface area (Å²) in [4.78, 5) is 4.42. The first-order valence-electron chi connectivity index (χ1n) is 9.28. The number of hydrogen-bond acceptors (Lipinski definition) is 1. The van der Waals surface area contributed by atoms with Crippen molar-refractivity contribution in [1.29, 1.82) is 0 Å². The third-order valence-electron chi connectivity index (χ3n) is 4.43. The SMILES string of the molecule is CCCCCCCC(CCCCCCC)n1cnc(C)c1. The molecule has 0 amide bonds. The molecule has 0 aromatic carbocycles. The molecule has 0 unspecified atom stereocenters. The average molecular weight is 293 g/mol. The van der Waals surface area contributed by atoms with Crippen molar-refractivity contribution >= 4 is 0 Å². The summed E-state index contributed by atoms with van der Waals surface area (Å²) in [7, 11) is 0. The molecule has 0 N–H and O–H groups in total. The van der Waals surface area contributed by atoms with Gasteiger partial charge >= 0.3 is 0 Å². The molecule has 2 nitrogen and oxygen atoms in total. The van der Waals surface area contributed by atoms with Gasteiger partial charge in [0.2, 0.25) is 0 Å². The largest absolute Gasteiger partial charge is 0.334 e. The molecule has 0 aliphatic rings. The molecule has 1 aromatic rings. The van der Waals surface area contributed by atoms with Gasteiger partial charge in [-0.05, 0) is 19.8 Å². The lowest BCUT2D eigenvalue weighted by molar-refractivity contribution is 0.394. The van der Waals surface area contributed by atoms with Crippen LogP contribution in [0.1, 0.15) is 103 Å². The maximum atomic E-state index is 4.42. The lowest BCUT2D eigenvalue weighted by Crippen LogP contribution is -2.07. The van der Waals surface area contributed by atoms with Gasteiger partial charge in [0.05, 0.1) is 12.0 Å². The van der Waals surface area contributed by atoms with Crippen LogP contribution in [0.4, 0.5) is 0 Å². The zero-order valence-corrected chi connectivity index (χ0v) is 14.6. The molecule has 0 spiro atoms. The second-order valence-electron chi connectivity index (χ2n) is 6.52. The summed E-state index contributed by atoms with van der Waals surface area (Å²) in [5.41, 5.74) is 1.15. The maximum absolute atomic E-state index is 4.42. The first-order valence-corrected chi connectivity index (χ1v) is 9.28. The molecule has 0 bridgehead atoms. The highest BCUT2D eigenvalue weighted by Gasteiger charge is 2.10. The molecule has 2 heteroatoms. The van der Waals surface area contributed by atoms with Crippen LogP contribution in [0.5, 0.6) is 0 Å². The highest BCUT2D eigenvalue weighted by molar-refractivity contribution is 4.94. The summed E-state index contributed by atoms with van der Waals surface area (Å²) in [6.45, 7) is 6.66. The fraction of sp³-hybridized carbons (Fsp3) is 0.842. The van der Waals surface area contributed by atoms with E-state index in [9.17, 15) is 0 Å². The van der Waals surface area contributed by atoms with Gasteiger partial charge in [-0.1, -0.05) is 78.1 Å². The maximum Gasteiger partial charge on any atom is 0.0951 e. The predicted octanol–water partition coefficient (Wildman–Crippen LogP) is 6.45. The minimum absolute atomic E-state index is 0.675. The van der Waals surface area contributed by atoms with Gasteiger partial charge in [-0.15, -0.1) is 0 Å². The Kier molecular flexibility index (Phi) is 10.3. The fourth-order valence-corrected chi connectivity index (χ4v) is 3.05. The van der Waals surface area contributed by atoms with Crippen molar-refractivity contribution in [2.24, 2.45) is 0 Å². The summed E-state index contributed by atoms with van der Waals surface area (Å²) in [6.07, 6.45) is 20.7. The number of aromatic nitrogens is 2. The van der Waals surface area contributed by atoms with E-state index in [1.807, 2.05) is 6.33 Å². The Labute approximate surface area is 132 Å². The number of nitrogens with zero attached hydrogens (tertiary/aromatic N) is 2. The minimum atomic E-state index is 0.675. The predicted molar refractivity (Wildman–Crippen MR) is 92.8 cm³/mol. The highest BCUT2D eigenvalue weighted by atomic mass is 15.1. The molecule has 21 heavy (non-hydrogen) atoms. The van der Waals surface area contributed by atoms with Crippen LogP contribution in [0.2, 0.25) is 0 Å². The van der Waals surface area contributed by atoms with Crippen LogP contribution in [0.15, 0.2) is 12.5 Å². The van der Waals surface area contributed by atoms with Crippen molar-refractivity contribution < 1.29 is 0 Å². The van der Waals surface area contributed by atoms with Gasteiger partial charge in [-0.2, -0.15) is 0 Å². The van der Waals surface area contributed by atoms with Crippen molar-refractivity contribution in [3.63, 3.8) is 0 Å². The third kappa shape index (κ3) is 8.28. The Morgan fingerprint density at radius 2 is 1.38 bits per heavy atom. The second-order valence-corrected chi connectivity index (χ2v) is 6.52. The van der Waals surface area contributed by atoms with E-state index in [0.29, 0.717) is 6.04 Å². The molecule has 1 heterocycles. The van der Waals surface area contributed by atoms with Gasteiger partial charge < -0.3 is 4.57 Å². The summed E-state index contributed by atoms with van der Waals surface area (Å²) in [6, 6.07) is 0.675. The van der Waals surface area contributed by atoms with E-state index < -0.39 is 0 Å². The molecule has 0 fully saturated rings. The fourth-order valence-electron chi connectivity index (χ4n) is 3.05. The highest BCUT2D eigenvalue weighted by Crippen LogP contribution is 2.23. The van der Waals surface area contributed by atoms with Crippen molar-refractivity contribution in [1.82, 2.24) is 9.55 Å². The lowest BCUT2D eigenvalue weighted by atomic mass is 10.0. The van der Waals surface area contributed by atoms with Crippen LogP contribution in [0, 0.1) is 6.92 Å². The van der Waals surface area contributed by atoms with Crippen LogP contribution in [0.3, 0.4) is 0 Å². The molecule has 0 radical (unpaired) electrons. The lowest BCUT2D eigenvalue weighted by Gasteiger charge is -2.18. The Balaban J connectivity index is 2.32. The topological polar surface area (TPSA) is 17.8 Å². The van der Waals surface area contributed by atoms with Crippen molar-refractivity contribution in [2.45, 2.75) is 104 Å². The molecular formula is C19H36N2. The standard InChI is InChI=1S/C19H36N2/c1-4-6-8-10-12-14-19(15-13-11-9-7-5-2)21-16-18(3)20-17-21/h16-17,19H,4-15H2,1-3H3. The van der Waals surface area contributed by atoms with Crippen LogP contribution in [0.25, 0.3) is 0 Å². The Hall–Kier alpha value is -0.790. The number of aryl methyl sites for hydroxylation is 1. The van der Waals surface area contributed by atoms with Crippen molar-refractivity contribution in [2.75, 3.05) is 0 Å². The normalized spacial score (nSPS) is 11.4. The van der Waals surface area contributed by atoms with E-state index in [4.69, 9.17) is 0 Å². The van der Waals surface area contributed by atoms with E-state index in [-0.39, 0.29) is 0 Å². The van der Waals surface area contributed by atoms with Gasteiger partial charge in [0.25, 0.3) is 0 Å². The minimum Gasteiger partial charge on any atom is -0.334 e. The van der Waals surface area contributed by atoms with Gasteiger partial charge in [-0.3, -0.25) is 0 Å². The molecule has 0 saturated carbocycles.